The first-order valence-electron chi connectivity index (χ1n) is 8.49. The molecule has 0 bridgehead atoms. The van der Waals surface area contributed by atoms with Gasteiger partial charge in [-0.1, -0.05) is 23.7 Å². The van der Waals surface area contributed by atoms with Gasteiger partial charge in [0.05, 0.1) is 15.6 Å². The van der Waals surface area contributed by atoms with E-state index in [4.69, 9.17) is 11.6 Å². The molecule has 144 valence electrons. The number of rotatable bonds is 6. The first kappa shape index (κ1) is 19.9. The number of hydrogen-bond donors (Lipinski definition) is 2. The van der Waals surface area contributed by atoms with E-state index in [1.165, 1.54) is 11.3 Å². The molecular weight excluding hydrogens is 396 g/mol. The van der Waals surface area contributed by atoms with Gasteiger partial charge in [0.25, 0.3) is 11.8 Å². The summed E-state index contributed by atoms with van der Waals surface area (Å²) < 4.78 is 0. The number of amides is 2. The lowest BCUT2D eigenvalue weighted by molar-refractivity contribution is 0.0949. The van der Waals surface area contributed by atoms with Crippen LogP contribution in [0.2, 0.25) is 5.02 Å². The average Bonchev–Trinajstić information content (AvgIpc) is 3.23. The van der Waals surface area contributed by atoms with Crippen LogP contribution in [-0.2, 0) is 6.54 Å². The Hall–Kier alpha value is -2.90. The molecule has 2 amide bonds. The van der Waals surface area contributed by atoms with Gasteiger partial charge in [-0.15, -0.1) is 11.3 Å². The number of pyridine rings is 1. The van der Waals surface area contributed by atoms with E-state index in [0.29, 0.717) is 27.7 Å². The van der Waals surface area contributed by atoms with Gasteiger partial charge in [-0.05, 0) is 41.3 Å². The number of halogens is 1. The van der Waals surface area contributed by atoms with E-state index in [9.17, 15) is 9.59 Å². The van der Waals surface area contributed by atoms with Crippen molar-refractivity contribution in [2.75, 3.05) is 24.3 Å². The summed E-state index contributed by atoms with van der Waals surface area (Å²) in [7, 11) is 3.83. The Labute approximate surface area is 172 Å². The van der Waals surface area contributed by atoms with Crippen LogP contribution in [-0.4, -0.2) is 30.9 Å². The van der Waals surface area contributed by atoms with Crippen molar-refractivity contribution in [1.82, 2.24) is 10.3 Å². The van der Waals surface area contributed by atoms with E-state index in [0.717, 1.165) is 11.4 Å². The molecule has 3 rings (SSSR count). The molecule has 2 aromatic heterocycles. The van der Waals surface area contributed by atoms with Crippen LogP contribution in [0.15, 0.2) is 54.0 Å². The maximum atomic E-state index is 12.5. The summed E-state index contributed by atoms with van der Waals surface area (Å²) in [5, 5.41) is 7.77. The minimum atomic E-state index is -0.264. The van der Waals surface area contributed by atoms with Gasteiger partial charge in [0.15, 0.2) is 0 Å². The van der Waals surface area contributed by atoms with Crippen LogP contribution < -0.4 is 15.5 Å². The lowest BCUT2D eigenvalue weighted by Crippen LogP contribution is -2.23. The SMILES string of the molecule is CN(C)c1ccc(CNC(=O)c2ccc(Cl)c(NC(=O)c3cccs3)c2)cn1. The number of hydrogen-bond acceptors (Lipinski definition) is 5. The molecule has 0 atom stereocenters. The molecule has 0 fully saturated rings. The Kier molecular flexibility index (Phi) is 6.28. The molecule has 0 aliphatic carbocycles. The summed E-state index contributed by atoms with van der Waals surface area (Å²) in [5.41, 5.74) is 1.69. The van der Waals surface area contributed by atoms with Crippen LogP contribution in [0.3, 0.4) is 0 Å². The van der Waals surface area contributed by atoms with Gasteiger partial charge >= 0.3 is 0 Å². The van der Waals surface area contributed by atoms with Gasteiger partial charge in [0, 0.05) is 32.4 Å². The topological polar surface area (TPSA) is 74.3 Å². The van der Waals surface area contributed by atoms with Crippen LogP contribution in [0.4, 0.5) is 11.5 Å². The molecule has 2 heterocycles. The third kappa shape index (κ3) is 4.88. The van der Waals surface area contributed by atoms with Gasteiger partial charge in [0.1, 0.15) is 5.82 Å². The zero-order chi connectivity index (χ0) is 20.1. The first-order chi connectivity index (χ1) is 13.4. The van der Waals surface area contributed by atoms with Crippen molar-refractivity contribution >= 4 is 46.3 Å². The zero-order valence-corrected chi connectivity index (χ0v) is 17.0. The highest BCUT2D eigenvalue weighted by Gasteiger charge is 2.13. The third-order valence-electron chi connectivity index (χ3n) is 3.94. The van der Waals surface area contributed by atoms with Gasteiger partial charge in [-0.2, -0.15) is 0 Å². The molecule has 6 nitrogen and oxygen atoms in total. The molecule has 0 aliphatic rings. The Morgan fingerprint density at radius 1 is 1.14 bits per heavy atom. The lowest BCUT2D eigenvalue weighted by Gasteiger charge is -2.12. The van der Waals surface area contributed by atoms with E-state index in [2.05, 4.69) is 15.6 Å². The number of anilines is 2. The summed E-state index contributed by atoms with van der Waals surface area (Å²) in [6.07, 6.45) is 1.73. The molecule has 3 aromatic rings. The van der Waals surface area contributed by atoms with Crippen LogP contribution >= 0.6 is 22.9 Å². The smallest absolute Gasteiger partial charge is 0.265 e. The van der Waals surface area contributed by atoms with Crippen LogP contribution in [0.25, 0.3) is 0 Å². The van der Waals surface area contributed by atoms with E-state index < -0.39 is 0 Å². The van der Waals surface area contributed by atoms with Gasteiger partial charge in [0.2, 0.25) is 0 Å². The Morgan fingerprint density at radius 2 is 1.96 bits per heavy atom. The van der Waals surface area contributed by atoms with Crippen molar-refractivity contribution in [2.45, 2.75) is 6.54 Å². The summed E-state index contributed by atoms with van der Waals surface area (Å²) in [4.78, 5) is 31.5. The molecule has 8 heteroatoms. The molecule has 1 aromatic carbocycles. The van der Waals surface area contributed by atoms with Crippen molar-refractivity contribution in [3.8, 4) is 0 Å². The van der Waals surface area contributed by atoms with Crippen LogP contribution in [0, 0.1) is 0 Å². The molecule has 0 saturated carbocycles. The number of nitrogens with one attached hydrogen (secondary N) is 2. The standard InChI is InChI=1S/C20H19ClN4O2S/c1-25(2)18-8-5-13(11-22-18)12-23-19(26)14-6-7-15(21)16(10-14)24-20(27)17-4-3-9-28-17/h3-11H,12H2,1-2H3,(H,23,26)(H,24,27). The monoisotopic (exact) mass is 414 g/mol. The summed E-state index contributed by atoms with van der Waals surface area (Å²) >= 11 is 7.50. The quantitative estimate of drug-likeness (QED) is 0.638. The largest absolute Gasteiger partial charge is 0.363 e. The summed E-state index contributed by atoms with van der Waals surface area (Å²) in [6.45, 7) is 0.346. The fraction of sp³-hybridized carbons (Fsp3) is 0.150. The van der Waals surface area contributed by atoms with E-state index >= 15 is 0 Å². The van der Waals surface area contributed by atoms with Crippen LogP contribution in [0.1, 0.15) is 25.6 Å². The van der Waals surface area contributed by atoms with Crippen molar-refractivity contribution in [3.63, 3.8) is 0 Å². The Morgan fingerprint density at radius 3 is 2.61 bits per heavy atom. The highest BCUT2D eigenvalue weighted by Crippen LogP contribution is 2.24. The Balaban J connectivity index is 1.65. The minimum absolute atomic E-state index is 0.262. The minimum Gasteiger partial charge on any atom is -0.363 e. The number of benzene rings is 1. The molecule has 28 heavy (non-hydrogen) atoms. The van der Waals surface area contributed by atoms with Crippen molar-refractivity contribution in [2.24, 2.45) is 0 Å². The van der Waals surface area contributed by atoms with Crippen molar-refractivity contribution < 1.29 is 9.59 Å². The number of carbonyl (C=O) groups excluding carboxylic acids is 2. The maximum Gasteiger partial charge on any atom is 0.265 e. The average molecular weight is 415 g/mol. The number of nitrogens with zero attached hydrogens (tertiary/aromatic N) is 2. The van der Waals surface area contributed by atoms with Crippen molar-refractivity contribution in [1.29, 1.82) is 0 Å². The number of carbonyl (C=O) groups is 2. The molecule has 0 radical (unpaired) electrons. The first-order valence-corrected chi connectivity index (χ1v) is 9.74. The second-order valence-corrected chi connectivity index (χ2v) is 7.58. The number of thiophene rings is 1. The summed E-state index contributed by atoms with van der Waals surface area (Å²) in [5.74, 6) is 0.320. The second kappa shape index (κ2) is 8.86. The van der Waals surface area contributed by atoms with E-state index in [1.54, 1.807) is 36.5 Å². The van der Waals surface area contributed by atoms with Gasteiger partial charge < -0.3 is 15.5 Å². The lowest BCUT2D eigenvalue weighted by atomic mass is 10.1. The van der Waals surface area contributed by atoms with E-state index in [1.807, 2.05) is 36.5 Å². The molecule has 0 spiro atoms. The molecular formula is C20H19ClN4O2S. The van der Waals surface area contributed by atoms with Crippen LogP contribution in [0.5, 0.6) is 0 Å². The molecule has 0 aliphatic heterocycles. The zero-order valence-electron chi connectivity index (χ0n) is 15.4. The number of aromatic nitrogens is 1. The Bertz CT molecular complexity index is 972. The fourth-order valence-corrected chi connectivity index (χ4v) is 3.21. The molecule has 0 unspecified atom stereocenters. The van der Waals surface area contributed by atoms with Crippen molar-refractivity contribution in [3.05, 3.63) is 75.1 Å². The summed E-state index contributed by atoms with van der Waals surface area (Å²) in [6, 6.07) is 12.1. The van der Waals surface area contributed by atoms with E-state index in [-0.39, 0.29) is 11.8 Å². The normalized spacial score (nSPS) is 10.4. The fourth-order valence-electron chi connectivity index (χ4n) is 2.42. The molecule has 2 N–H and O–H groups in total. The third-order valence-corrected chi connectivity index (χ3v) is 5.14. The van der Waals surface area contributed by atoms with Gasteiger partial charge in [-0.25, -0.2) is 4.98 Å². The second-order valence-electron chi connectivity index (χ2n) is 6.23. The molecule has 0 saturated heterocycles. The van der Waals surface area contributed by atoms with Gasteiger partial charge in [-0.3, -0.25) is 9.59 Å². The maximum absolute atomic E-state index is 12.5. The highest BCUT2D eigenvalue weighted by atomic mass is 35.5. The highest BCUT2D eigenvalue weighted by molar-refractivity contribution is 7.12. The predicted molar refractivity (Wildman–Crippen MR) is 113 cm³/mol. The predicted octanol–water partition coefficient (Wildman–Crippen LogP) is 4.04.